The van der Waals surface area contributed by atoms with Crippen molar-refractivity contribution in [3.05, 3.63) is 42.6 Å². The van der Waals surface area contributed by atoms with Gasteiger partial charge in [0.1, 0.15) is 17.5 Å². The molecule has 1 N–H and O–H groups in total. The van der Waals surface area contributed by atoms with Crippen molar-refractivity contribution in [2.45, 2.75) is 43.7 Å². The first-order valence-electron chi connectivity index (χ1n) is 10.2. The number of nitrogens with zero attached hydrogens (tertiary/aromatic N) is 3. The van der Waals surface area contributed by atoms with E-state index in [1.165, 1.54) is 19.0 Å². The van der Waals surface area contributed by atoms with Crippen molar-refractivity contribution in [3.63, 3.8) is 0 Å². The van der Waals surface area contributed by atoms with Crippen LogP contribution in [0.3, 0.4) is 0 Å². The van der Waals surface area contributed by atoms with Crippen LogP contribution in [0.2, 0.25) is 0 Å². The van der Waals surface area contributed by atoms with Crippen LogP contribution in [-0.2, 0) is 19.6 Å². The highest BCUT2D eigenvalue weighted by Gasteiger charge is 2.35. The second-order valence-corrected chi connectivity index (χ2v) is 10.8. The molecule has 1 aliphatic heterocycles. The number of carbonyl (C=O) groups is 2. The van der Waals surface area contributed by atoms with Gasteiger partial charge in [0, 0.05) is 38.0 Å². The number of sulfonamides is 1. The molecule has 2 heterocycles. The predicted molar refractivity (Wildman–Crippen MR) is 121 cm³/mol. The van der Waals surface area contributed by atoms with E-state index in [1.54, 1.807) is 63.4 Å². The molecule has 0 saturated carbocycles. The number of alkyl carbamates (subject to hydrolysis) is 1. The van der Waals surface area contributed by atoms with Crippen LogP contribution in [0, 0.1) is 0 Å². The smallest absolute Gasteiger partial charge is 0.408 e. The summed E-state index contributed by atoms with van der Waals surface area (Å²) in [6.45, 7) is 5.66. The number of anilines is 1. The molecule has 172 valence electrons. The van der Waals surface area contributed by atoms with Crippen LogP contribution in [0.15, 0.2) is 47.5 Å². The van der Waals surface area contributed by atoms with Crippen LogP contribution in [0.25, 0.3) is 11.1 Å². The quantitative estimate of drug-likeness (QED) is 0.735. The summed E-state index contributed by atoms with van der Waals surface area (Å²) in [7, 11) is -0.673. The molecule has 32 heavy (non-hydrogen) atoms. The van der Waals surface area contributed by atoms with Gasteiger partial charge in [0.2, 0.25) is 10.0 Å². The van der Waals surface area contributed by atoms with E-state index in [9.17, 15) is 18.0 Å². The second-order valence-electron chi connectivity index (χ2n) is 8.67. The Morgan fingerprint density at radius 2 is 1.88 bits per heavy atom. The maximum atomic E-state index is 12.8. The van der Waals surface area contributed by atoms with Crippen LogP contribution in [0.5, 0.6) is 0 Å². The van der Waals surface area contributed by atoms with Gasteiger partial charge in [0.25, 0.3) is 5.91 Å². The van der Waals surface area contributed by atoms with E-state index >= 15 is 0 Å². The molecule has 0 bridgehead atoms. The van der Waals surface area contributed by atoms with Gasteiger partial charge in [0.15, 0.2) is 0 Å². The fourth-order valence-corrected chi connectivity index (χ4v) is 4.43. The van der Waals surface area contributed by atoms with Crippen LogP contribution in [0.1, 0.15) is 27.2 Å². The molecule has 1 aromatic heterocycles. The first kappa shape index (κ1) is 23.7. The zero-order chi connectivity index (χ0) is 23.7. The van der Waals surface area contributed by atoms with Crippen molar-refractivity contribution < 1.29 is 22.7 Å². The van der Waals surface area contributed by atoms with Crippen molar-refractivity contribution in [2.24, 2.45) is 0 Å². The Balaban J connectivity index is 1.78. The Morgan fingerprint density at radius 3 is 2.47 bits per heavy atom. The average molecular weight is 461 g/mol. The van der Waals surface area contributed by atoms with Crippen LogP contribution < -0.4 is 10.2 Å². The first-order chi connectivity index (χ1) is 14.9. The highest BCUT2D eigenvalue weighted by Crippen LogP contribution is 2.30. The molecule has 0 unspecified atom stereocenters. The molecule has 2 aromatic rings. The van der Waals surface area contributed by atoms with Gasteiger partial charge in [-0.2, -0.15) is 0 Å². The zero-order valence-electron chi connectivity index (χ0n) is 18.8. The molecule has 10 heteroatoms. The molecule has 3 rings (SSSR count). The minimum Gasteiger partial charge on any atom is -0.444 e. The molecule has 2 amide bonds. The van der Waals surface area contributed by atoms with Crippen molar-refractivity contribution in [1.29, 1.82) is 0 Å². The number of rotatable bonds is 5. The number of carbonyl (C=O) groups excluding carboxylic acids is 2. The van der Waals surface area contributed by atoms with Crippen molar-refractivity contribution in [1.82, 2.24) is 14.6 Å². The summed E-state index contributed by atoms with van der Waals surface area (Å²) in [4.78, 5) is 30.8. The van der Waals surface area contributed by atoms with E-state index in [-0.39, 0.29) is 10.8 Å². The number of nitrogens with one attached hydrogen (secondary N) is 1. The van der Waals surface area contributed by atoms with E-state index in [0.29, 0.717) is 29.9 Å². The molecule has 9 nitrogen and oxygen atoms in total. The Bertz CT molecular complexity index is 1110. The highest BCUT2D eigenvalue weighted by atomic mass is 32.2. The lowest BCUT2D eigenvalue weighted by Crippen LogP contribution is -2.43. The summed E-state index contributed by atoms with van der Waals surface area (Å²) in [5.41, 5.74) is 0.487. The van der Waals surface area contributed by atoms with Crippen LogP contribution >= 0.6 is 0 Å². The second kappa shape index (κ2) is 8.87. The minimum atomic E-state index is -3.63. The molecule has 0 radical (unpaired) electrons. The summed E-state index contributed by atoms with van der Waals surface area (Å²) in [6.07, 6.45) is 1.34. The van der Waals surface area contributed by atoms with Gasteiger partial charge >= 0.3 is 6.09 Å². The molecule has 0 spiro atoms. The lowest BCUT2D eigenvalue weighted by Gasteiger charge is -2.21. The van der Waals surface area contributed by atoms with Gasteiger partial charge in [-0.15, -0.1) is 0 Å². The van der Waals surface area contributed by atoms with Gasteiger partial charge < -0.3 is 10.1 Å². The number of pyridine rings is 1. The lowest BCUT2D eigenvalue weighted by molar-refractivity contribution is -0.118. The summed E-state index contributed by atoms with van der Waals surface area (Å²) < 4.78 is 31.7. The number of amides is 2. The number of hydrogen-bond donors (Lipinski definition) is 1. The summed E-state index contributed by atoms with van der Waals surface area (Å²) in [5, 5.41) is 2.61. The molecule has 1 aromatic carbocycles. The van der Waals surface area contributed by atoms with Crippen molar-refractivity contribution in [2.75, 3.05) is 25.5 Å². The predicted octanol–water partition coefficient (Wildman–Crippen LogP) is 2.63. The van der Waals surface area contributed by atoms with Gasteiger partial charge in [0.05, 0.1) is 4.90 Å². The maximum Gasteiger partial charge on any atom is 0.408 e. The Kier molecular flexibility index (Phi) is 6.56. The molecule has 1 atom stereocenters. The van der Waals surface area contributed by atoms with Gasteiger partial charge in [-0.1, -0.05) is 18.2 Å². The molecule has 1 aliphatic rings. The molecule has 0 aliphatic carbocycles. The topological polar surface area (TPSA) is 109 Å². The summed E-state index contributed by atoms with van der Waals surface area (Å²) in [5.74, 6) is 0.159. The third-order valence-corrected chi connectivity index (χ3v) is 6.75. The van der Waals surface area contributed by atoms with E-state index < -0.39 is 27.8 Å². The molecular weight excluding hydrogens is 432 g/mol. The number of benzene rings is 1. The third kappa shape index (κ3) is 5.08. The zero-order valence-corrected chi connectivity index (χ0v) is 19.6. The largest absolute Gasteiger partial charge is 0.444 e. The Hall–Kier alpha value is -2.98. The van der Waals surface area contributed by atoms with E-state index in [0.717, 1.165) is 4.31 Å². The standard InChI is InChI=1S/C22H28N4O5S/c1-22(2,3)31-21(28)24-17-12-13-26(20(17)27)19-11-10-15(14-23-19)16-8-6-7-9-18(16)32(29,30)25(4)5/h6-11,14,17H,12-13H2,1-5H3,(H,24,28)/t17-/m0/s1. The van der Waals surface area contributed by atoms with Gasteiger partial charge in [-0.05, 0) is 45.4 Å². The Labute approximate surface area is 188 Å². The van der Waals surface area contributed by atoms with E-state index in [4.69, 9.17) is 4.74 Å². The highest BCUT2D eigenvalue weighted by molar-refractivity contribution is 7.89. The number of aromatic nitrogens is 1. The Morgan fingerprint density at radius 1 is 1.19 bits per heavy atom. The van der Waals surface area contributed by atoms with Crippen LogP contribution in [0.4, 0.5) is 10.6 Å². The molecule has 1 fully saturated rings. The fraction of sp³-hybridized carbons (Fsp3) is 0.409. The first-order valence-corrected chi connectivity index (χ1v) is 11.6. The monoisotopic (exact) mass is 460 g/mol. The minimum absolute atomic E-state index is 0.179. The lowest BCUT2D eigenvalue weighted by atomic mass is 10.1. The van der Waals surface area contributed by atoms with E-state index in [2.05, 4.69) is 10.3 Å². The molecule has 1 saturated heterocycles. The van der Waals surface area contributed by atoms with Gasteiger partial charge in [-0.3, -0.25) is 9.69 Å². The summed E-state index contributed by atoms with van der Waals surface area (Å²) in [6, 6.07) is 9.41. The number of ether oxygens (including phenoxy) is 1. The fourth-order valence-electron chi connectivity index (χ4n) is 3.32. The molecular formula is C22H28N4O5S. The normalized spacial score (nSPS) is 17.0. The average Bonchev–Trinajstić information content (AvgIpc) is 3.06. The van der Waals surface area contributed by atoms with E-state index in [1.807, 2.05) is 0 Å². The SMILES string of the molecule is CN(C)S(=O)(=O)c1ccccc1-c1ccc(N2CC[C@H](NC(=O)OC(C)(C)C)C2=O)nc1. The summed E-state index contributed by atoms with van der Waals surface area (Å²) >= 11 is 0. The van der Waals surface area contributed by atoms with Crippen molar-refractivity contribution in [3.8, 4) is 11.1 Å². The van der Waals surface area contributed by atoms with Crippen molar-refractivity contribution >= 4 is 27.8 Å². The maximum absolute atomic E-state index is 12.8. The van der Waals surface area contributed by atoms with Gasteiger partial charge in [-0.25, -0.2) is 22.5 Å². The third-order valence-electron chi connectivity index (χ3n) is 4.88. The van der Waals surface area contributed by atoms with Crippen LogP contribution in [-0.4, -0.2) is 62.0 Å². The number of hydrogen-bond acceptors (Lipinski definition) is 6.